The maximum atomic E-state index is 2.92. The molecule has 1 nitrogen and oxygen atoms in total. The van der Waals surface area contributed by atoms with Gasteiger partial charge in [0.05, 0.1) is 0 Å². The lowest BCUT2D eigenvalue weighted by atomic mass is 9.68. The smallest absolute Gasteiger partial charge is 0.0130 e. The van der Waals surface area contributed by atoms with Gasteiger partial charge in [-0.2, -0.15) is 0 Å². The fraction of sp³-hybridized carbons (Fsp3) is 1.00. The summed E-state index contributed by atoms with van der Waals surface area (Å²) in [5.41, 5.74) is 0. The summed E-state index contributed by atoms with van der Waals surface area (Å²) in [6, 6.07) is 1.87. The highest BCUT2D eigenvalue weighted by Crippen LogP contribution is 2.50. The van der Waals surface area contributed by atoms with Crippen LogP contribution in [-0.2, 0) is 0 Å². The van der Waals surface area contributed by atoms with Gasteiger partial charge >= 0.3 is 0 Å². The van der Waals surface area contributed by atoms with Crippen molar-refractivity contribution in [2.45, 2.75) is 90.1 Å². The average molecular weight is 263 g/mol. The number of likely N-dealkylation sites (tertiary alicyclic amines) is 1. The molecule has 0 radical (unpaired) electrons. The van der Waals surface area contributed by atoms with Crippen molar-refractivity contribution < 1.29 is 0 Å². The van der Waals surface area contributed by atoms with Crippen molar-refractivity contribution in [1.29, 1.82) is 0 Å². The first-order valence-corrected chi connectivity index (χ1v) is 9.12. The zero-order valence-corrected chi connectivity index (χ0v) is 13.1. The number of nitrogens with zero attached hydrogens (tertiary/aromatic N) is 1. The van der Waals surface area contributed by atoms with Crippen LogP contribution in [0.3, 0.4) is 0 Å². The Bertz CT molecular complexity index is 275. The van der Waals surface area contributed by atoms with E-state index in [4.69, 9.17) is 0 Å². The Morgan fingerprint density at radius 3 is 2.21 bits per heavy atom. The summed E-state index contributed by atoms with van der Waals surface area (Å²) in [6.45, 7) is 6.14. The van der Waals surface area contributed by atoms with E-state index >= 15 is 0 Å². The Balaban J connectivity index is 1.82. The molecule has 1 heterocycles. The molecule has 110 valence electrons. The first kappa shape index (κ1) is 13.9. The van der Waals surface area contributed by atoms with Crippen LogP contribution >= 0.6 is 0 Å². The maximum Gasteiger partial charge on any atom is 0.0130 e. The zero-order chi connectivity index (χ0) is 13.2. The maximum absolute atomic E-state index is 2.92. The average Bonchev–Trinajstić information content (AvgIpc) is 2.81. The lowest BCUT2D eigenvalue weighted by Crippen LogP contribution is -2.39. The summed E-state index contributed by atoms with van der Waals surface area (Å²) in [6.07, 6.45) is 15.1. The van der Waals surface area contributed by atoms with E-state index in [-0.39, 0.29) is 0 Å². The molecule has 1 saturated heterocycles. The summed E-state index contributed by atoms with van der Waals surface area (Å²) >= 11 is 0. The summed E-state index contributed by atoms with van der Waals surface area (Å²) < 4.78 is 0. The van der Waals surface area contributed by atoms with Gasteiger partial charge in [0.15, 0.2) is 0 Å². The fourth-order valence-corrected chi connectivity index (χ4v) is 5.91. The molecular formula is C18H33N. The third-order valence-corrected chi connectivity index (χ3v) is 6.55. The summed E-state index contributed by atoms with van der Waals surface area (Å²) in [5.74, 6) is 3.18. The number of hydrogen-bond acceptors (Lipinski definition) is 1. The van der Waals surface area contributed by atoms with Gasteiger partial charge < -0.3 is 0 Å². The van der Waals surface area contributed by atoms with Gasteiger partial charge in [-0.05, 0) is 43.6 Å². The molecule has 1 heteroatoms. The first-order valence-electron chi connectivity index (χ1n) is 9.12. The molecular weight excluding hydrogens is 230 g/mol. The van der Waals surface area contributed by atoms with Crippen LogP contribution in [0.25, 0.3) is 0 Å². The van der Waals surface area contributed by atoms with E-state index in [1.807, 2.05) is 0 Å². The molecule has 0 aromatic carbocycles. The van der Waals surface area contributed by atoms with Crippen molar-refractivity contribution in [3.8, 4) is 0 Å². The van der Waals surface area contributed by atoms with Gasteiger partial charge in [-0.15, -0.1) is 0 Å². The fourth-order valence-electron chi connectivity index (χ4n) is 5.91. The third kappa shape index (κ3) is 2.48. The highest BCUT2D eigenvalue weighted by atomic mass is 15.2. The van der Waals surface area contributed by atoms with Gasteiger partial charge in [0.2, 0.25) is 0 Å². The Morgan fingerprint density at radius 2 is 1.53 bits per heavy atom. The molecule has 4 atom stereocenters. The van der Waals surface area contributed by atoms with E-state index in [9.17, 15) is 0 Å². The van der Waals surface area contributed by atoms with Gasteiger partial charge in [0.1, 0.15) is 0 Å². The minimum absolute atomic E-state index is 0.918. The predicted octanol–water partition coefficient (Wildman–Crippen LogP) is 4.86. The van der Waals surface area contributed by atoms with Crippen molar-refractivity contribution in [2.24, 2.45) is 17.8 Å². The number of hydrogen-bond donors (Lipinski definition) is 0. The van der Waals surface area contributed by atoms with Crippen LogP contribution < -0.4 is 0 Å². The van der Waals surface area contributed by atoms with Gasteiger partial charge in [-0.3, -0.25) is 4.90 Å². The standard InChI is InChI=1S/C18H33N/c1-3-16-18(14-10-6-5-7-11-14)15-12-8-9-13-17(15)19(16)4-2/h14-18H,3-13H2,1-2H3. The Morgan fingerprint density at radius 1 is 0.842 bits per heavy atom. The van der Waals surface area contributed by atoms with Crippen LogP contribution in [0, 0.1) is 17.8 Å². The van der Waals surface area contributed by atoms with Gasteiger partial charge in [-0.1, -0.05) is 58.8 Å². The van der Waals surface area contributed by atoms with Crippen LogP contribution in [0.5, 0.6) is 0 Å². The normalized spacial score (nSPS) is 41.4. The second kappa shape index (κ2) is 6.16. The van der Waals surface area contributed by atoms with E-state index in [2.05, 4.69) is 18.7 Å². The monoisotopic (exact) mass is 263 g/mol. The highest BCUT2D eigenvalue weighted by molar-refractivity contribution is 5.02. The molecule has 4 unspecified atom stereocenters. The molecule has 2 aliphatic carbocycles. The van der Waals surface area contributed by atoms with Crippen molar-refractivity contribution in [3.05, 3.63) is 0 Å². The Labute approximate surface area is 120 Å². The van der Waals surface area contributed by atoms with E-state index in [0.717, 1.165) is 29.8 Å². The molecule has 0 spiro atoms. The minimum atomic E-state index is 0.918. The molecule has 3 rings (SSSR count). The molecule has 3 fully saturated rings. The Hall–Kier alpha value is -0.0400. The van der Waals surface area contributed by atoms with E-state index in [1.54, 1.807) is 19.3 Å². The highest BCUT2D eigenvalue weighted by Gasteiger charge is 2.50. The SMILES string of the molecule is CCC1C(C2CCCCC2)C2CCCCC2N1CC. The van der Waals surface area contributed by atoms with Crippen LogP contribution in [0.15, 0.2) is 0 Å². The molecule has 0 amide bonds. The second-order valence-corrected chi connectivity index (χ2v) is 7.30. The zero-order valence-electron chi connectivity index (χ0n) is 13.1. The summed E-state index contributed by atoms with van der Waals surface area (Å²) in [5, 5.41) is 0. The Kier molecular flexibility index (Phi) is 4.51. The van der Waals surface area contributed by atoms with Gasteiger partial charge in [-0.25, -0.2) is 0 Å². The lowest BCUT2D eigenvalue weighted by molar-refractivity contribution is 0.146. The van der Waals surface area contributed by atoms with Gasteiger partial charge in [0.25, 0.3) is 0 Å². The third-order valence-electron chi connectivity index (χ3n) is 6.55. The van der Waals surface area contributed by atoms with Crippen molar-refractivity contribution in [2.75, 3.05) is 6.54 Å². The molecule has 0 aromatic rings. The van der Waals surface area contributed by atoms with Crippen LogP contribution in [0.2, 0.25) is 0 Å². The van der Waals surface area contributed by atoms with Crippen LogP contribution in [0.1, 0.15) is 78.1 Å². The molecule has 0 bridgehead atoms. The molecule has 3 aliphatic rings. The topological polar surface area (TPSA) is 3.24 Å². The molecule has 19 heavy (non-hydrogen) atoms. The van der Waals surface area contributed by atoms with Crippen LogP contribution in [-0.4, -0.2) is 23.5 Å². The largest absolute Gasteiger partial charge is 0.297 e. The van der Waals surface area contributed by atoms with E-state index < -0.39 is 0 Å². The van der Waals surface area contributed by atoms with E-state index in [1.165, 1.54) is 51.5 Å². The minimum Gasteiger partial charge on any atom is -0.297 e. The molecule has 1 aliphatic heterocycles. The second-order valence-electron chi connectivity index (χ2n) is 7.30. The number of fused-ring (bicyclic) bond motifs is 1. The molecule has 2 saturated carbocycles. The lowest BCUT2D eigenvalue weighted by Gasteiger charge is -2.36. The quantitative estimate of drug-likeness (QED) is 0.703. The van der Waals surface area contributed by atoms with Crippen molar-refractivity contribution in [1.82, 2.24) is 4.90 Å². The molecule has 0 N–H and O–H groups in total. The molecule has 0 aromatic heterocycles. The number of rotatable bonds is 3. The van der Waals surface area contributed by atoms with E-state index in [0.29, 0.717) is 0 Å². The van der Waals surface area contributed by atoms with Crippen molar-refractivity contribution in [3.63, 3.8) is 0 Å². The first-order chi connectivity index (χ1) is 9.36. The van der Waals surface area contributed by atoms with Crippen molar-refractivity contribution >= 4 is 0 Å². The van der Waals surface area contributed by atoms with Gasteiger partial charge in [0, 0.05) is 12.1 Å². The predicted molar refractivity (Wildman–Crippen MR) is 82.3 cm³/mol. The summed E-state index contributed by atoms with van der Waals surface area (Å²) in [7, 11) is 0. The van der Waals surface area contributed by atoms with Crippen LogP contribution in [0.4, 0.5) is 0 Å². The summed E-state index contributed by atoms with van der Waals surface area (Å²) in [4.78, 5) is 2.92.